The van der Waals surface area contributed by atoms with Crippen molar-refractivity contribution in [2.24, 2.45) is 0 Å². The second-order valence-corrected chi connectivity index (χ2v) is 9.67. The van der Waals surface area contributed by atoms with Crippen LogP contribution in [-0.2, 0) is 0 Å². The molecule has 0 unspecified atom stereocenters. The molecule has 1 aliphatic heterocycles. The molecule has 7 heteroatoms. The van der Waals surface area contributed by atoms with E-state index in [2.05, 4.69) is 13.8 Å². The third-order valence-electron chi connectivity index (χ3n) is 6.21. The maximum absolute atomic E-state index is 13.4. The summed E-state index contributed by atoms with van der Waals surface area (Å²) in [7, 11) is 1.69. The van der Waals surface area contributed by atoms with Gasteiger partial charge in [-0.2, -0.15) is 0 Å². The van der Waals surface area contributed by atoms with Gasteiger partial charge in [-0.05, 0) is 47.2 Å². The van der Waals surface area contributed by atoms with Crippen molar-refractivity contribution in [3.05, 3.63) is 87.6 Å². The zero-order valence-corrected chi connectivity index (χ0v) is 20.5. The molecule has 1 aromatic heterocycles. The molecule has 0 radical (unpaired) electrons. The van der Waals surface area contributed by atoms with Crippen molar-refractivity contribution in [1.82, 2.24) is 9.80 Å². The van der Waals surface area contributed by atoms with E-state index in [1.165, 1.54) is 21.8 Å². The van der Waals surface area contributed by atoms with Crippen LogP contribution in [0.15, 0.2) is 66.0 Å². The molecule has 176 valence electrons. The lowest BCUT2D eigenvalue weighted by molar-refractivity contribution is 0.0535. The van der Waals surface area contributed by atoms with Gasteiger partial charge in [0, 0.05) is 38.8 Å². The molecule has 1 fully saturated rings. The van der Waals surface area contributed by atoms with Crippen LogP contribution in [0.3, 0.4) is 0 Å². The second-order valence-electron chi connectivity index (χ2n) is 8.72. The Morgan fingerprint density at radius 3 is 2.03 bits per heavy atom. The molecular formula is C27H29N3O3S. The van der Waals surface area contributed by atoms with Crippen molar-refractivity contribution in [2.75, 3.05) is 38.1 Å². The molecule has 6 nitrogen and oxygen atoms in total. The molecule has 1 saturated heterocycles. The number of rotatable bonds is 5. The fourth-order valence-electron chi connectivity index (χ4n) is 4.10. The number of para-hydroxylation sites is 1. The van der Waals surface area contributed by atoms with Crippen LogP contribution < -0.4 is 4.90 Å². The molecule has 0 N–H and O–H groups in total. The zero-order chi connectivity index (χ0) is 24.2. The van der Waals surface area contributed by atoms with Gasteiger partial charge in [0.1, 0.15) is 0 Å². The molecular weight excluding hydrogens is 446 g/mol. The van der Waals surface area contributed by atoms with E-state index in [9.17, 15) is 14.4 Å². The molecule has 4 rings (SSSR count). The summed E-state index contributed by atoms with van der Waals surface area (Å²) in [5.74, 6) is 0.134. The standard InChI is InChI=1S/C27H29N3O3S/c1-19(2)20-10-12-21(13-11-20)25(31)29-14-16-30(17-15-29)26(32)22-7-4-5-8-23(22)28(3)27(33)24-9-6-18-34-24/h4-13,18-19H,14-17H2,1-3H3. The summed E-state index contributed by atoms with van der Waals surface area (Å²) in [5.41, 5.74) is 2.94. The molecule has 1 aliphatic rings. The third-order valence-corrected chi connectivity index (χ3v) is 7.07. The number of amides is 3. The van der Waals surface area contributed by atoms with Gasteiger partial charge < -0.3 is 14.7 Å². The minimum absolute atomic E-state index is 0.0101. The van der Waals surface area contributed by atoms with E-state index in [0.717, 1.165) is 0 Å². The SMILES string of the molecule is CC(C)c1ccc(C(=O)N2CCN(C(=O)c3ccccc3N(C)C(=O)c3cccs3)CC2)cc1. The summed E-state index contributed by atoms with van der Waals surface area (Å²) in [6, 6.07) is 18.6. The van der Waals surface area contributed by atoms with Gasteiger partial charge in [-0.1, -0.05) is 44.2 Å². The summed E-state index contributed by atoms with van der Waals surface area (Å²) in [6.07, 6.45) is 0. The van der Waals surface area contributed by atoms with E-state index in [1.54, 1.807) is 41.1 Å². The smallest absolute Gasteiger partial charge is 0.268 e. The van der Waals surface area contributed by atoms with Crippen LogP contribution in [0.25, 0.3) is 0 Å². The Balaban J connectivity index is 1.43. The van der Waals surface area contributed by atoms with Crippen LogP contribution in [0.5, 0.6) is 0 Å². The quantitative estimate of drug-likeness (QED) is 0.535. The number of thiophene rings is 1. The number of carbonyl (C=O) groups is 3. The van der Waals surface area contributed by atoms with Crippen LogP contribution in [0.4, 0.5) is 5.69 Å². The predicted octanol–water partition coefficient (Wildman–Crippen LogP) is 4.75. The average molecular weight is 476 g/mol. The Morgan fingerprint density at radius 2 is 1.44 bits per heavy atom. The Labute approximate surface area is 204 Å². The van der Waals surface area contributed by atoms with Gasteiger partial charge in [-0.25, -0.2) is 0 Å². The maximum atomic E-state index is 13.4. The normalized spacial score (nSPS) is 13.8. The molecule has 3 aromatic rings. The van der Waals surface area contributed by atoms with Crippen molar-refractivity contribution in [3.63, 3.8) is 0 Å². The van der Waals surface area contributed by atoms with Crippen molar-refractivity contribution >= 4 is 34.7 Å². The Kier molecular flexibility index (Phi) is 7.12. The number of hydrogen-bond acceptors (Lipinski definition) is 4. The number of nitrogens with zero attached hydrogens (tertiary/aromatic N) is 3. The maximum Gasteiger partial charge on any atom is 0.268 e. The number of piperazine rings is 1. The Morgan fingerprint density at radius 1 is 0.824 bits per heavy atom. The number of hydrogen-bond donors (Lipinski definition) is 0. The molecule has 0 bridgehead atoms. The monoisotopic (exact) mass is 475 g/mol. The summed E-state index contributed by atoms with van der Waals surface area (Å²) in [5, 5.41) is 1.86. The lowest BCUT2D eigenvalue weighted by Gasteiger charge is -2.35. The summed E-state index contributed by atoms with van der Waals surface area (Å²) in [4.78, 5) is 44.8. The summed E-state index contributed by atoms with van der Waals surface area (Å²) < 4.78 is 0. The fraction of sp³-hybridized carbons (Fsp3) is 0.296. The first-order valence-electron chi connectivity index (χ1n) is 11.5. The van der Waals surface area contributed by atoms with Gasteiger partial charge in [0.05, 0.1) is 16.1 Å². The Hall–Kier alpha value is -3.45. The molecule has 0 atom stereocenters. The second kappa shape index (κ2) is 10.2. The van der Waals surface area contributed by atoms with Gasteiger partial charge in [0.25, 0.3) is 17.7 Å². The highest BCUT2D eigenvalue weighted by atomic mass is 32.1. The van der Waals surface area contributed by atoms with Gasteiger partial charge in [-0.3, -0.25) is 14.4 Å². The molecule has 0 aliphatic carbocycles. The average Bonchev–Trinajstić information content (AvgIpc) is 3.42. The van der Waals surface area contributed by atoms with E-state index >= 15 is 0 Å². The van der Waals surface area contributed by atoms with E-state index in [4.69, 9.17) is 0 Å². The highest BCUT2D eigenvalue weighted by Gasteiger charge is 2.28. The van der Waals surface area contributed by atoms with E-state index < -0.39 is 0 Å². The van der Waals surface area contributed by atoms with Crippen molar-refractivity contribution in [2.45, 2.75) is 19.8 Å². The fourth-order valence-corrected chi connectivity index (χ4v) is 4.80. The first-order chi connectivity index (χ1) is 16.4. The van der Waals surface area contributed by atoms with Gasteiger partial charge in [0.2, 0.25) is 0 Å². The number of carbonyl (C=O) groups excluding carboxylic acids is 3. The highest BCUT2D eigenvalue weighted by molar-refractivity contribution is 7.12. The summed E-state index contributed by atoms with van der Waals surface area (Å²) >= 11 is 1.38. The highest BCUT2D eigenvalue weighted by Crippen LogP contribution is 2.25. The van der Waals surface area contributed by atoms with Crippen molar-refractivity contribution in [3.8, 4) is 0 Å². The van der Waals surface area contributed by atoms with Gasteiger partial charge in [0.15, 0.2) is 0 Å². The molecule has 34 heavy (non-hydrogen) atoms. The number of anilines is 1. The lowest BCUT2D eigenvalue weighted by atomic mass is 10.0. The largest absolute Gasteiger partial charge is 0.335 e. The van der Waals surface area contributed by atoms with Crippen LogP contribution in [0.1, 0.15) is 55.7 Å². The zero-order valence-electron chi connectivity index (χ0n) is 19.7. The predicted molar refractivity (Wildman–Crippen MR) is 136 cm³/mol. The molecule has 3 amide bonds. The van der Waals surface area contributed by atoms with Crippen molar-refractivity contribution in [1.29, 1.82) is 0 Å². The van der Waals surface area contributed by atoms with E-state index in [1.807, 2.05) is 41.8 Å². The minimum atomic E-state index is -0.144. The van der Waals surface area contributed by atoms with E-state index in [0.29, 0.717) is 53.8 Å². The molecule has 2 heterocycles. The lowest BCUT2D eigenvalue weighted by Crippen LogP contribution is -2.50. The van der Waals surface area contributed by atoms with Gasteiger partial charge >= 0.3 is 0 Å². The summed E-state index contributed by atoms with van der Waals surface area (Å²) in [6.45, 7) is 6.10. The Bertz CT molecular complexity index is 1160. The number of benzene rings is 2. The van der Waals surface area contributed by atoms with Crippen LogP contribution in [0.2, 0.25) is 0 Å². The van der Waals surface area contributed by atoms with Crippen LogP contribution in [-0.4, -0.2) is 60.7 Å². The van der Waals surface area contributed by atoms with Crippen molar-refractivity contribution < 1.29 is 14.4 Å². The first-order valence-corrected chi connectivity index (χ1v) is 12.3. The molecule has 0 spiro atoms. The molecule has 2 aromatic carbocycles. The minimum Gasteiger partial charge on any atom is -0.335 e. The topological polar surface area (TPSA) is 60.9 Å². The van der Waals surface area contributed by atoms with Crippen LogP contribution in [0, 0.1) is 0 Å². The van der Waals surface area contributed by atoms with E-state index in [-0.39, 0.29) is 17.7 Å². The third kappa shape index (κ3) is 4.89. The van der Waals surface area contributed by atoms with Gasteiger partial charge in [-0.15, -0.1) is 11.3 Å². The molecule has 0 saturated carbocycles. The van der Waals surface area contributed by atoms with Crippen LogP contribution >= 0.6 is 11.3 Å². The first kappa shape index (κ1) is 23.7.